The van der Waals surface area contributed by atoms with Crippen molar-refractivity contribution < 1.29 is 19.4 Å². The highest BCUT2D eigenvalue weighted by atomic mass is 16.5. The molecule has 0 aliphatic carbocycles. The summed E-state index contributed by atoms with van der Waals surface area (Å²) in [5.74, 6) is -2.11. The molecule has 1 aromatic carbocycles. The number of carbonyl (C=O) groups is 2. The second-order valence-corrected chi connectivity index (χ2v) is 3.94. The van der Waals surface area contributed by atoms with E-state index in [2.05, 4.69) is 5.32 Å². The quantitative estimate of drug-likeness (QED) is 0.753. The number of hydrogen-bond acceptors (Lipinski definition) is 3. The molecule has 2 rings (SSSR count). The van der Waals surface area contributed by atoms with Crippen LogP contribution in [-0.2, 0) is 9.59 Å². The molecule has 1 saturated heterocycles. The Bertz CT molecular complexity index is 440. The van der Waals surface area contributed by atoms with Gasteiger partial charge in [-0.05, 0) is 17.7 Å². The van der Waals surface area contributed by atoms with Gasteiger partial charge in [0, 0.05) is 12.5 Å². The van der Waals surface area contributed by atoms with Crippen LogP contribution in [-0.4, -0.2) is 30.6 Å². The van der Waals surface area contributed by atoms with Crippen molar-refractivity contribution in [2.24, 2.45) is 5.92 Å². The van der Waals surface area contributed by atoms with Gasteiger partial charge in [-0.25, -0.2) is 0 Å². The first-order valence-electron chi connectivity index (χ1n) is 5.28. The number of hydrogen-bond donors (Lipinski definition) is 2. The molecule has 0 bridgehead atoms. The lowest BCUT2D eigenvalue weighted by Crippen LogP contribution is -2.26. The number of aliphatic carboxylic acids is 1. The highest BCUT2D eigenvalue weighted by Gasteiger charge is 2.40. The summed E-state index contributed by atoms with van der Waals surface area (Å²) in [6, 6.07) is 7.10. The molecule has 1 aliphatic rings. The summed E-state index contributed by atoms with van der Waals surface area (Å²) in [5.41, 5.74) is 0.830. The van der Waals surface area contributed by atoms with Gasteiger partial charge in [-0.15, -0.1) is 0 Å². The number of benzene rings is 1. The first-order chi connectivity index (χ1) is 8.13. The molecule has 0 radical (unpaired) electrons. The average molecular weight is 235 g/mol. The number of amides is 1. The smallest absolute Gasteiger partial charge is 0.316 e. The number of carboxylic acid groups (broad SMARTS) is 1. The van der Waals surface area contributed by atoms with E-state index in [9.17, 15) is 9.59 Å². The Morgan fingerprint density at radius 1 is 1.41 bits per heavy atom. The van der Waals surface area contributed by atoms with Crippen molar-refractivity contribution in [2.75, 3.05) is 13.7 Å². The number of rotatable bonds is 3. The van der Waals surface area contributed by atoms with Crippen LogP contribution >= 0.6 is 0 Å². The molecule has 1 fully saturated rings. The van der Waals surface area contributed by atoms with Gasteiger partial charge < -0.3 is 15.2 Å². The molecule has 0 saturated carbocycles. The van der Waals surface area contributed by atoms with E-state index in [-0.39, 0.29) is 5.92 Å². The fourth-order valence-electron chi connectivity index (χ4n) is 2.07. The molecule has 2 unspecified atom stereocenters. The summed E-state index contributed by atoms with van der Waals surface area (Å²) in [7, 11) is 1.57. The van der Waals surface area contributed by atoms with Crippen LogP contribution in [0.4, 0.5) is 0 Å². The van der Waals surface area contributed by atoms with Crippen LogP contribution in [0, 0.1) is 5.92 Å². The summed E-state index contributed by atoms with van der Waals surface area (Å²) in [5, 5.41) is 11.6. The first kappa shape index (κ1) is 11.4. The average Bonchev–Trinajstić information content (AvgIpc) is 2.71. The van der Waals surface area contributed by atoms with E-state index in [1.807, 2.05) is 0 Å². The van der Waals surface area contributed by atoms with Gasteiger partial charge in [-0.2, -0.15) is 0 Å². The molecule has 1 amide bonds. The van der Waals surface area contributed by atoms with Crippen molar-refractivity contribution in [1.82, 2.24) is 5.32 Å². The summed E-state index contributed by atoms with van der Waals surface area (Å²) < 4.78 is 5.03. The lowest BCUT2D eigenvalue weighted by atomic mass is 9.88. The van der Waals surface area contributed by atoms with Gasteiger partial charge in [-0.3, -0.25) is 9.59 Å². The Hall–Kier alpha value is -2.04. The van der Waals surface area contributed by atoms with Crippen molar-refractivity contribution in [3.8, 4) is 5.75 Å². The normalized spacial score (nSPS) is 23.2. The highest BCUT2D eigenvalue weighted by Crippen LogP contribution is 2.30. The maximum Gasteiger partial charge on any atom is 0.316 e. The first-order valence-corrected chi connectivity index (χ1v) is 5.28. The molecule has 2 N–H and O–H groups in total. The van der Waals surface area contributed by atoms with Gasteiger partial charge in [0.1, 0.15) is 11.7 Å². The molecule has 1 aromatic rings. The standard InChI is InChI=1S/C12H13NO4/c1-17-8-4-2-7(3-5-8)9-6-13-11(14)10(9)12(15)16/h2-5,9-10H,6H2,1H3,(H,13,14)(H,15,16). The zero-order valence-corrected chi connectivity index (χ0v) is 9.34. The molecule has 90 valence electrons. The van der Waals surface area contributed by atoms with Gasteiger partial charge >= 0.3 is 5.97 Å². The molecule has 1 heterocycles. The largest absolute Gasteiger partial charge is 0.497 e. The summed E-state index contributed by atoms with van der Waals surface area (Å²) in [6.07, 6.45) is 0. The third-order valence-corrected chi connectivity index (χ3v) is 2.99. The molecule has 1 aliphatic heterocycles. The van der Waals surface area contributed by atoms with E-state index in [1.54, 1.807) is 31.4 Å². The lowest BCUT2D eigenvalue weighted by Gasteiger charge is -2.13. The molecule has 17 heavy (non-hydrogen) atoms. The molecule has 2 atom stereocenters. The fraction of sp³-hybridized carbons (Fsp3) is 0.333. The lowest BCUT2D eigenvalue weighted by molar-refractivity contribution is -0.145. The number of carboxylic acids is 1. The second-order valence-electron chi connectivity index (χ2n) is 3.94. The van der Waals surface area contributed by atoms with Crippen LogP contribution in [0.5, 0.6) is 5.75 Å². The van der Waals surface area contributed by atoms with Crippen LogP contribution in [0.3, 0.4) is 0 Å². The molecular formula is C12H13NO4. The molecule has 5 nitrogen and oxygen atoms in total. The minimum Gasteiger partial charge on any atom is -0.497 e. The van der Waals surface area contributed by atoms with E-state index in [0.717, 1.165) is 5.56 Å². The van der Waals surface area contributed by atoms with Gasteiger partial charge in [0.25, 0.3) is 0 Å². The molecule has 5 heteroatoms. The molecule has 0 aromatic heterocycles. The predicted octanol–water partition coefficient (Wildman–Crippen LogP) is 0.609. The van der Waals surface area contributed by atoms with E-state index >= 15 is 0 Å². The van der Waals surface area contributed by atoms with Crippen LogP contribution in [0.1, 0.15) is 11.5 Å². The van der Waals surface area contributed by atoms with Crippen molar-refractivity contribution in [1.29, 1.82) is 0 Å². The highest BCUT2D eigenvalue weighted by molar-refractivity contribution is 5.99. The van der Waals surface area contributed by atoms with Crippen LogP contribution in [0.25, 0.3) is 0 Å². The second kappa shape index (κ2) is 4.45. The summed E-state index contributed by atoms with van der Waals surface area (Å²) in [4.78, 5) is 22.4. The van der Waals surface area contributed by atoms with E-state index in [1.165, 1.54) is 0 Å². The van der Waals surface area contributed by atoms with Gasteiger partial charge in [0.05, 0.1) is 7.11 Å². The monoisotopic (exact) mass is 235 g/mol. The zero-order chi connectivity index (χ0) is 12.4. The Balaban J connectivity index is 2.26. The molecule has 0 spiro atoms. The van der Waals surface area contributed by atoms with Crippen molar-refractivity contribution in [2.45, 2.75) is 5.92 Å². The van der Waals surface area contributed by atoms with Crippen LogP contribution in [0.15, 0.2) is 24.3 Å². The van der Waals surface area contributed by atoms with Crippen molar-refractivity contribution in [3.63, 3.8) is 0 Å². The Morgan fingerprint density at radius 3 is 2.59 bits per heavy atom. The minimum atomic E-state index is -1.08. The maximum absolute atomic E-state index is 11.4. The fourth-order valence-corrected chi connectivity index (χ4v) is 2.07. The van der Waals surface area contributed by atoms with Crippen molar-refractivity contribution >= 4 is 11.9 Å². The third-order valence-electron chi connectivity index (χ3n) is 2.99. The van der Waals surface area contributed by atoms with Gasteiger partial charge in [0.15, 0.2) is 0 Å². The van der Waals surface area contributed by atoms with E-state index < -0.39 is 17.8 Å². The number of ether oxygens (including phenoxy) is 1. The van der Waals surface area contributed by atoms with E-state index in [4.69, 9.17) is 9.84 Å². The Kier molecular flexibility index (Phi) is 2.99. The maximum atomic E-state index is 11.4. The minimum absolute atomic E-state index is 0.314. The van der Waals surface area contributed by atoms with Gasteiger partial charge in [-0.1, -0.05) is 12.1 Å². The number of methoxy groups -OCH3 is 1. The molecular weight excluding hydrogens is 222 g/mol. The number of carbonyl (C=O) groups excluding carboxylic acids is 1. The SMILES string of the molecule is COc1ccc(C2CNC(=O)C2C(=O)O)cc1. The van der Waals surface area contributed by atoms with Crippen molar-refractivity contribution in [3.05, 3.63) is 29.8 Å². The van der Waals surface area contributed by atoms with E-state index in [0.29, 0.717) is 12.3 Å². The Labute approximate surface area is 98.4 Å². The van der Waals surface area contributed by atoms with Crippen LogP contribution < -0.4 is 10.1 Å². The predicted molar refractivity (Wildman–Crippen MR) is 59.9 cm³/mol. The topological polar surface area (TPSA) is 75.6 Å². The zero-order valence-electron chi connectivity index (χ0n) is 9.34. The number of nitrogens with one attached hydrogen (secondary N) is 1. The van der Waals surface area contributed by atoms with Crippen LogP contribution in [0.2, 0.25) is 0 Å². The summed E-state index contributed by atoms with van der Waals surface area (Å²) in [6.45, 7) is 0.363. The Morgan fingerprint density at radius 2 is 2.06 bits per heavy atom. The third kappa shape index (κ3) is 2.08. The summed E-state index contributed by atoms with van der Waals surface area (Å²) >= 11 is 0. The van der Waals surface area contributed by atoms with Gasteiger partial charge in [0.2, 0.25) is 5.91 Å².